The molecule has 2 aromatic heterocycles. The molecule has 8 nitrogen and oxygen atoms in total. The van der Waals surface area contributed by atoms with Crippen molar-refractivity contribution in [3.63, 3.8) is 0 Å². The first kappa shape index (κ1) is 23.6. The molecule has 0 spiro atoms. The van der Waals surface area contributed by atoms with E-state index in [9.17, 15) is 9.59 Å². The maximum absolute atomic E-state index is 12.6. The number of nitrogens with zero attached hydrogens (tertiary/aromatic N) is 3. The Morgan fingerprint density at radius 1 is 1.18 bits per heavy atom. The fourth-order valence-corrected chi connectivity index (χ4v) is 5.11. The molecular formula is C24H32N4O4S. The number of thioether (sulfide) groups is 1. The average molecular weight is 473 g/mol. The van der Waals surface area contributed by atoms with E-state index >= 15 is 0 Å². The molecule has 0 saturated heterocycles. The van der Waals surface area contributed by atoms with Gasteiger partial charge in [-0.25, -0.2) is 19.6 Å². The van der Waals surface area contributed by atoms with Crippen molar-refractivity contribution in [3.05, 3.63) is 29.1 Å². The predicted octanol–water partition coefficient (Wildman–Crippen LogP) is 4.56. The van der Waals surface area contributed by atoms with E-state index in [1.54, 1.807) is 0 Å². The molecule has 0 aromatic carbocycles. The second-order valence-corrected chi connectivity index (χ2v) is 10.4. The summed E-state index contributed by atoms with van der Waals surface area (Å²) >= 11 is 1.51. The quantitative estimate of drug-likeness (QED) is 0.396. The zero-order chi connectivity index (χ0) is 23.8. The van der Waals surface area contributed by atoms with Gasteiger partial charge in [0.25, 0.3) is 0 Å². The molecule has 1 fully saturated rings. The number of amides is 1. The minimum absolute atomic E-state index is 0.0836. The van der Waals surface area contributed by atoms with E-state index < -0.39 is 5.60 Å². The van der Waals surface area contributed by atoms with E-state index in [0.717, 1.165) is 66.2 Å². The van der Waals surface area contributed by atoms with E-state index in [1.807, 2.05) is 39.4 Å². The van der Waals surface area contributed by atoms with Gasteiger partial charge in [0, 0.05) is 24.5 Å². The summed E-state index contributed by atoms with van der Waals surface area (Å²) in [4.78, 5) is 34.0. The zero-order valence-electron chi connectivity index (χ0n) is 19.9. The molecule has 2 aromatic rings. The molecule has 0 atom stereocenters. The van der Waals surface area contributed by atoms with Crippen LogP contribution in [0.3, 0.4) is 0 Å². The summed E-state index contributed by atoms with van der Waals surface area (Å²) in [5.41, 5.74) is 4.15. The first-order valence-corrected chi connectivity index (χ1v) is 12.6. The number of esters is 1. The number of carbonyl (C=O) groups is 2. The summed E-state index contributed by atoms with van der Waals surface area (Å²) in [7, 11) is 1.42. The van der Waals surface area contributed by atoms with Gasteiger partial charge in [-0.1, -0.05) is 11.8 Å². The fraction of sp³-hybridized carbons (Fsp3) is 0.583. The molecule has 33 heavy (non-hydrogen) atoms. The van der Waals surface area contributed by atoms with Gasteiger partial charge in [-0.05, 0) is 76.7 Å². The summed E-state index contributed by atoms with van der Waals surface area (Å²) < 4.78 is 12.7. The van der Waals surface area contributed by atoms with Gasteiger partial charge in [0.05, 0.1) is 24.1 Å². The lowest BCUT2D eigenvalue weighted by molar-refractivity contribution is 0.0486. The Kier molecular flexibility index (Phi) is 6.70. The van der Waals surface area contributed by atoms with Gasteiger partial charge in [0.2, 0.25) is 0 Å². The Bertz CT molecular complexity index is 1050. The van der Waals surface area contributed by atoms with Gasteiger partial charge >= 0.3 is 12.1 Å². The van der Waals surface area contributed by atoms with Crippen LogP contribution < -0.4 is 5.32 Å². The second kappa shape index (κ2) is 9.37. The number of carbonyl (C=O) groups excluding carboxylic acids is 2. The van der Waals surface area contributed by atoms with Crippen LogP contribution in [0, 0.1) is 0 Å². The molecule has 178 valence electrons. The van der Waals surface area contributed by atoms with Crippen molar-refractivity contribution < 1.29 is 19.1 Å². The standard InChI is InChI=1S/C24H32N4O4S/c1-24(2,3)32-23(30)26-15-7-9-16(10-8-15)28-13-18(21(29)31-4)17-11-6-14-12-25-22(33-5)27-19(14)20(17)28/h12-13,15-16H,6-11H2,1-5H3,(H,26,30)/t15-,16+. The lowest BCUT2D eigenvalue weighted by atomic mass is 9.89. The normalized spacial score (nSPS) is 19.9. The maximum atomic E-state index is 12.6. The molecular weight excluding hydrogens is 440 g/mol. The lowest BCUT2D eigenvalue weighted by Gasteiger charge is -2.32. The number of nitrogens with one attached hydrogen (secondary N) is 1. The van der Waals surface area contributed by atoms with Gasteiger partial charge in [-0.2, -0.15) is 0 Å². The van der Waals surface area contributed by atoms with Crippen LogP contribution in [0.25, 0.3) is 11.4 Å². The number of hydrogen-bond acceptors (Lipinski definition) is 7. The third kappa shape index (κ3) is 5.03. The molecule has 0 radical (unpaired) electrons. The van der Waals surface area contributed by atoms with Crippen LogP contribution in [-0.2, 0) is 22.3 Å². The number of methoxy groups -OCH3 is 1. The van der Waals surface area contributed by atoms with Crippen molar-refractivity contribution >= 4 is 23.8 Å². The Morgan fingerprint density at radius 3 is 2.55 bits per heavy atom. The van der Waals surface area contributed by atoms with Crippen LogP contribution in [0.2, 0.25) is 0 Å². The van der Waals surface area contributed by atoms with Crippen LogP contribution in [0.4, 0.5) is 4.79 Å². The van der Waals surface area contributed by atoms with Crippen molar-refractivity contribution in [3.8, 4) is 11.4 Å². The van der Waals surface area contributed by atoms with Gasteiger partial charge < -0.3 is 19.4 Å². The van der Waals surface area contributed by atoms with E-state index in [0.29, 0.717) is 5.56 Å². The van der Waals surface area contributed by atoms with Crippen LogP contribution >= 0.6 is 11.8 Å². The highest BCUT2D eigenvalue weighted by Crippen LogP contribution is 2.41. The highest BCUT2D eigenvalue weighted by Gasteiger charge is 2.33. The van der Waals surface area contributed by atoms with Crippen LogP contribution in [0.5, 0.6) is 0 Å². The third-order valence-electron chi connectivity index (χ3n) is 6.25. The smallest absolute Gasteiger partial charge is 0.407 e. The number of alkyl carbamates (subject to hydrolysis) is 1. The molecule has 1 amide bonds. The number of fused-ring (bicyclic) bond motifs is 3. The maximum Gasteiger partial charge on any atom is 0.407 e. The number of rotatable bonds is 4. The van der Waals surface area contributed by atoms with Crippen LogP contribution in [-0.4, -0.2) is 51.6 Å². The van der Waals surface area contributed by atoms with Gasteiger partial charge in [0.1, 0.15) is 5.60 Å². The van der Waals surface area contributed by atoms with E-state index in [4.69, 9.17) is 14.5 Å². The highest BCUT2D eigenvalue weighted by atomic mass is 32.2. The first-order chi connectivity index (χ1) is 15.7. The third-order valence-corrected chi connectivity index (χ3v) is 6.81. The molecule has 0 unspecified atom stereocenters. The molecule has 0 aliphatic heterocycles. The summed E-state index contributed by atoms with van der Waals surface area (Å²) in [5.74, 6) is -0.312. The molecule has 2 aliphatic carbocycles. The number of hydrogen-bond donors (Lipinski definition) is 1. The topological polar surface area (TPSA) is 95.3 Å². The fourth-order valence-electron chi connectivity index (χ4n) is 4.77. The lowest BCUT2D eigenvalue weighted by Crippen LogP contribution is -2.41. The number of aryl methyl sites for hydroxylation is 1. The van der Waals surface area contributed by atoms with E-state index in [2.05, 4.69) is 14.9 Å². The second-order valence-electron chi connectivity index (χ2n) is 9.65. The molecule has 2 heterocycles. The minimum Gasteiger partial charge on any atom is -0.465 e. The molecule has 4 rings (SSSR count). The first-order valence-electron chi connectivity index (χ1n) is 11.4. The van der Waals surface area contributed by atoms with Crippen molar-refractivity contribution in [1.29, 1.82) is 0 Å². The molecule has 1 saturated carbocycles. The van der Waals surface area contributed by atoms with Crippen molar-refractivity contribution in [1.82, 2.24) is 19.9 Å². The Balaban J connectivity index is 1.60. The zero-order valence-corrected chi connectivity index (χ0v) is 20.8. The largest absolute Gasteiger partial charge is 0.465 e. The summed E-state index contributed by atoms with van der Waals surface area (Å²) in [5, 5.41) is 3.73. The monoisotopic (exact) mass is 472 g/mol. The average Bonchev–Trinajstić information content (AvgIpc) is 3.17. The number of ether oxygens (including phenoxy) is 2. The van der Waals surface area contributed by atoms with Gasteiger partial charge in [-0.3, -0.25) is 0 Å². The molecule has 1 N–H and O–H groups in total. The van der Waals surface area contributed by atoms with Crippen molar-refractivity contribution in [2.24, 2.45) is 0 Å². The van der Waals surface area contributed by atoms with Crippen LogP contribution in [0.15, 0.2) is 17.6 Å². The number of aromatic nitrogens is 3. The van der Waals surface area contributed by atoms with E-state index in [-0.39, 0.29) is 24.1 Å². The summed E-state index contributed by atoms with van der Waals surface area (Å²) in [6.45, 7) is 5.59. The van der Waals surface area contributed by atoms with Crippen molar-refractivity contribution in [2.75, 3.05) is 13.4 Å². The molecule has 2 aliphatic rings. The summed E-state index contributed by atoms with van der Waals surface area (Å²) in [6.07, 6.45) is 10.5. The van der Waals surface area contributed by atoms with E-state index in [1.165, 1.54) is 18.9 Å². The minimum atomic E-state index is -0.513. The Hall–Kier alpha value is -2.55. The van der Waals surface area contributed by atoms with Crippen LogP contribution in [0.1, 0.15) is 74.0 Å². The highest BCUT2D eigenvalue weighted by molar-refractivity contribution is 7.98. The van der Waals surface area contributed by atoms with Gasteiger partial charge in [0.15, 0.2) is 5.16 Å². The van der Waals surface area contributed by atoms with Crippen molar-refractivity contribution in [2.45, 2.75) is 82.1 Å². The predicted molar refractivity (Wildman–Crippen MR) is 127 cm³/mol. The Morgan fingerprint density at radius 2 is 1.91 bits per heavy atom. The summed E-state index contributed by atoms with van der Waals surface area (Å²) in [6, 6.07) is 0.299. The SMILES string of the molecule is COC(=O)c1cn([C@H]2CC[C@@H](NC(=O)OC(C)(C)C)CC2)c2c1CCc1cnc(SC)nc1-2. The van der Waals surface area contributed by atoms with Gasteiger partial charge in [-0.15, -0.1) is 0 Å². The molecule has 9 heteroatoms. The Labute approximate surface area is 198 Å². The molecule has 0 bridgehead atoms.